The van der Waals surface area contributed by atoms with E-state index in [9.17, 15) is 4.79 Å². The highest BCUT2D eigenvalue weighted by atomic mass is 32.1. The fourth-order valence-electron chi connectivity index (χ4n) is 1.79. The summed E-state index contributed by atoms with van der Waals surface area (Å²) in [5, 5.41) is 0. The van der Waals surface area contributed by atoms with Crippen molar-refractivity contribution in [1.82, 2.24) is 9.80 Å². The molecule has 0 radical (unpaired) electrons. The van der Waals surface area contributed by atoms with Crippen LogP contribution in [0.25, 0.3) is 0 Å². The molecule has 112 valence electrons. The molecule has 0 aliphatic heterocycles. The molecular formula is C14H29N3OS. The molecule has 2 N–H and O–H groups in total. The Morgan fingerprint density at radius 2 is 1.84 bits per heavy atom. The Morgan fingerprint density at radius 1 is 1.26 bits per heavy atom. The van der Waals surface area contributed by atoms with Crippen molar-refractivity contribution in [2.75, 3.05) is 33.7 Å². The van der Waals surface area contributed by atoms with E-state index in [-0.39, 0.29) is 11.3 Å². The smallest absolute Gasteiger partial charge is 0.236 e. The van der Waals surface area contributed by atoms with E-state index in [1.807, 2.05) is 0 Å². The molecule has 0 aromatic carbocycles. The normalized spacial score (nSPS) is 11.7. The van der Waals surface area contributed by atoms with Crippen molar-refractivity contribution in [3.05, 3.63) is 0 Å². The summed E-state index contributed by atoms with van der Waals surface area (Å²) >= 11 is 5.07. The average Bonchev–Trinajstić information content (AvgIpc) is 2.28. The SMILES string of the molecule is CCCN(CCCC(C)(C)C(N)=S)CC(=O)N(C)C. The summed E-state index contributed by atoms with van der Waals surface area (Å²) in [4.78, 5) is 16.2. The van der Waals surface area contributed by atoms with Crippen LogP contribution in [0.15, 0.2) is 0 Å². The van der Waals surface area contributed by atoms with Crippen LogP contribution in [0.5, 0.6) is 0 Å². The van der Waals surface area contributed by atoms with Gasteiger partial charge in [0.2, 0.25) is 5.91 Å². The molecule has 5 heteroatoms. The molecule has 0 atom stereocenters. The molecule has 0 bridgehead atoms. The molecule has 1 amide bonds. The summed E-state index contributed by atoms with van der Waals surface area (Å²) in [6, 6.07) is 0. The van der Waals surface area contributed by atoms with Gasteiger partial charge in [0.1, 0.15) is 0 Å². The van der Waals surface area contributed by atoms with E-state index in [0.717, 1.165) is 32.4 Å². The fourth-order valence-corrected chi connectivity index (χ4v) is 1.89. The molecule has 0 unspecified atom stereocenters. The molecule has 0 aliphatic rings. The van der Waals surface area contributed by atoms with E-state index in [4.69, 9.17) is 18.0 Å². The molecule has 4 nitrogen and oxygen atoms in total. The Hall–Kier alpha value is -0.680. The zero-order valence-electron chi connectivity index (χ0n) is 13.0. The highest BCUT2D eigenvalue weighted by Crippen LogP contribution is 2.22. The summed E-state index contributed by atoms with van der Waals surface area (Å²) in [5.74, 6) is 0.155. The van der Waals surface area contributed by atoms with Crippen molar-refractivity contribution in [2.45, 2.75) is 40.0 Å². The van der Waals surface area contributed by atoms with Gasteiger partial charge in [-0.15, -0.1) is 0 Å². The van der Waals surface area contributed by atoms with Crippen LogP contribution < -0.4 is 5.73 Å². The maximum absolute atomic E-state index is 11.7. The molecule has 0 aromatic rings. The molecule has 0 spiro atoms. The van der Waals surface area contributed by atoms with Crippen molar-refractivity contribution >= 4 is 23.1 Å². The molecule has 0 aliphatic carbocycles. The Kier molecular flexibility index (Phi) is 8.18. The highest BCUT2D eigenvalue weighted by molar-refractivity contribution is 7.80. The molecule has 0 fully saturated rings. The maximum atomic E-state index is 11.7. The first-order chi connectivity index (χ1) is 8.70. The van der Waals surface area contributed by atoms with Gasteiger partial charge >= 0.3 is 0 Å². The Labute approximate surface area is 123 Å². The minimum atomic E-state index is -0.0984. The first-order valence-electron chi connectivity index (χ1n) is 6.93. The number of amides is 1. The lowest BCUT2D eigenvalue weighted by Crippen LogP contribution is -2.38. The van der Waals surface area contributed by atoms with Crippen molar-refractivity contribution in [2.24, 2.45) is 11.1 Å². The molecule has 0 aromatic heterocycles. The topological polar surface area (TPSA) is 49.6 Å². The molecule has 0 saturated carbocycles. The van der Waals surface area contributed by atoms with Crippen molar-refractivity contribution in [1.29, 1.82) is 0 Å². The zero-order chi connectivity index (χ0) is 15.1. The fraction of sp³-hybridized carbons (Fsp3) is 0.857. The number of rotatable bonds is 9. The number of carbonyl (C=O) groups is 1. The number of nitrogens with two attached hydrogens (primary N) is 1. The number of nitrogens with zero attached hydrogens (tertiary/aromatic N) is 2. The van der Waals surface area contributed by atoms with Crippen molar-refractivity contribution in [3.63, 3.8) is 0 Å². The third-order valence-electron chi connectivity index (χ3n) is 3.34. The molecule has 0 rings (SSSR count). The predicted molar refractivity (Wildman–Crippen MR) is 85.2 cm³/mol. The number of thiocarbonyl (C=S) groups is 1. The number of hydrogen-bond acceptors (Lipinski definition) is 3. The van der Waals surface area contributed by atoms with Crippen LogP contribution in [-0.2, 0) is 4.79 Å². The number of likely N-dealkylation sites (N-methyl/N-ethyl adjacent to an activating group) is 1. The van der Waals surface area contributed by atoms with Crippen LogP contribution >= 0.6 is 12.2 Å². The maximum Gasteiger partial charge on any atom is 0.236 e. The first-order valence-corrected chi connectivity index (χ1v) is 7.34. The van der Waals surface area contributed by atoms with E-state index in [0.29, 0.717) is 11.5 Å². The van der Waals surface area contributed by atoms with E-state index in [1.165, 1.54) is 0 Å². The number of hydrogen-bond donors (Lipinski definition) is 1. The zero-order valence-corrected chi connectivity index (χ0v) is 13.8. The Morgan fingerprint density at radius 3 is 2.26 bits per heavy atom. The number of carbonyl (C=O) groups excluding carboxylic acids is 1. The monoisotopic (exact) mass is 287 g/mol. The lowest BCUT2D eigenvalue weighted by Gasteiger charge is -2.26. The van der Waals surface area contributed by atoms with Gasteiger partial charge in [-0.3, -0.25) is 9.69 Å². The van der Waals surface area contributed by atoms with Gasteiger partial charge in [0.25, 0.3) is 0 Å². The van der Waals surface area contributed by atoms with Gasteiger partial charge in [0.05, 0.1) is 11.5 Å². The lowest BCUT2D eigenvalue weighted by atomic mass is 9.88. The molecule has 0 saturated heterocycles. The van der Waals surface area contributed by atoms with Gasteiger partial charge in [-0.2, -0.15) is 0 Å². The third kappa shape index (κ3) is 7.47. The Balaban J connectivity index is 4.22. The Bertz CT molecular complexity index is 303. The first kappa shape index (κ1) is 18.3. The minimum Gasteiger partial charge on any atom is -0.393 e. The van der Waals surface area contributed by atoms with Gasteiger partial charge in [0.15, 0.2) is 0 Å². The summed E-state index contributed by atoms with van der Waals surface area (Å²) < 4.78 is 0. The van der Waals surface area contributed by atoms with E-state index in [2.05, 4.69) is 25.7 Å². The second kappa shape index (κ2) is 8.48. The van der Waals surface area contributed by atoms with Crippen LogP contribution in [0.2, 0.25) is 0 Å². The quantitative estimate of drug-likeness (QED) is 0.658. The largest absolute Gasteiger partial charge is 0.393 e. The average molecular weight is 287 g/mol. The van der Waals surface area contributed by atoms with Crippen molar-refractivity contribution in [3.8, 4) is 0 Å². The minimum absolute atomic E-state index is 0.0984. The van der Waals surface area contributed by atoms with Gasteiger partial charge in [0, 0.05) is 19.5 Å². The van der Waals surface area contributed by atoms with Gasteiger partial charge < -0.3 is 10.6 Å². The second-order valence-electron chi connectivity index (χ2n) is 5.92. The molecule has 19 heavy (non-hydrogen) atoms. The van der Waals surface area contributed by atoms with Crippen LogP contribution in [0, 0.1) is 5.41 Å². The predicted octanol–water partition coefficient (Wildman–Crippen LogP) is 1.88. The van der Waals surface area contributed by atoms with Gasteiger partial charge in [-0.05, 0) is 32.4 Å². The summed E-state index contributed by atoms with van der Waals surface area (Å²) in [5.41, 5.74) is 5.62. The van der Waals surface area contributed by atoms with Crippen LogP contribution in [0.4, 0.5) is 0 Å². The standard InChI is InChI=1S/C14H29N3OS/c1-6-9-17(11-12(18)16(4)5)10-7-8-14(2,3)13(15)19/h6-11H2,1-5H3,(H2,15,19). The van der Waals surface area contributed by atoms with Crippen LogP contribution in [0.1, 0.15) is 40.0 Å². The van der Waals surface area contributed by atoms with Crippen molar-refractivity contribution < 1.29 is 4.79 Å². The summed E-state index contributed by atoms with van der Waals surface area (Å²) in [7, 11) is 3.59. The van der Waals surface area contributed by atoms with E-state index < -0.39 is 0 Å². The van der Waals surface area contributed by atoms with Gasteiger partial charge in [-0.25, -0.2) is 0 Å². The third-order valence-corrected chi connectivity index (χ3v) is 3.89. The van der Waals surface area contributed by atoms with Crippen LogP contribution in [-0.4, -0.2) is 54.4 Å². The lowest BCUT2D eigenvalue weighted by molar-refractivity contribution is -0.129. The van der Waals surface area contributed by atoms with E-state index in [1.54, 1.807) is 19.0 Å². The van der Waals surface area contributed by atoms with E-state index >= 15 is 0 Å². The molecule has 0 heterocycles. The summed E-state index contributed by atoms with van der Waals surface area (Å²) in [6.07, 6.45) is 3.02. The molecular weight excluding hydrogens is 258 g/mol. The second-order valence-corrected chi connectivity index (χ2v) is 6.36. The van der Waals surface area contributed by atoms with Gasteiger partial charge in [-0.1, -0.05) is 33.0 Å². The highest BCUT2D eigenvalue weighted by Gasteiger charge is 2.21. The summed E-state index contributed by atoms with van der Waals surface area (Å²) in [6.45, 7) is 8.64. The van der Waals surface area contributed by atoms with Crippen LogP contribution in [0.3, 0.4) is 0 Å².